The number of nitriles is 1. The maximum Gasteiger partial charge on any atom is 0.266 e. The van der Waals surface area contributed by atoms with Gasteiger partial charge < -0.3 is 5.32 Å². The van der Waals surface area contributed by atoms with E-state index in [0.717, 1.165) is 42.7 Å². The number of thiazole rings is 1. The van der Waals surface area contributed by atoms with Crippen LogP contribution in [0.25, 0.3) is 0 Å². The van der Waals surface area contributed by atoms with Crippen molar-refractivity contribution >= 4 is 32.2 Å². The second-order valence-electron chi connectivity index (χ2n) is 5.02. The summed E-state index contributed by atoms with van der Waals surface area (Å²) in [7, 11) is -4.15. The van der Waals surface area contributed by atoms with Crippen LogP contribution in [-0.4, -0.2) is 19.9 Å². The highest BCUT2D eigenvalue weighted by atomic mass is 32.2. The molecule has 0 spiro atoms. The van der Waals surface area contributed by atoms with Crippen molar-refractivity contribution < 1.29 is 12.8 Å². The maximum atomic E-state index is 14.3. The monoisotopic (exact) mass is 368 g/mol. The van der Waals surface area contributed by atoms with Gasteiger partial charge in [0.15, 0.2) is 5.13 Å². The molecule has 0 aliphatic heterocycles. The summed E-state index contributed by atoms with van der Waals surface area (Å²) in [6.45, 7) is 2.65. The van der Waals surface area contributed by atoms with Crippen molar-refractivity contribution in [2.24, 2.45) is 0 Å². The number of unbranched alkanes of at least 4 members (excludes halogenated alkanes) is 2. The Labute approximate surface area is 144 Å². The van der Waals surface area contributed by atoms with Gasteiger partial charge in [0, 0.05) is 18.1 Å². The van der Waals surface area contributed by atoms with E-state index >= 15 is 0 Å². The normalized spacial score (nSPS) is 11.0. The number of hydrogen-bond acceptors (Lipinski definition) is 6. The Morgan fingerprint density at radius 2 is 2.17 bits per heavy atom. The molecule has 1 aromatic heterocycles. The van der Waals surface area contributed by atoms with Crippen molar-refractivity contribution in [3.63, 3.8) is 0 Å². The van der Waals surface area contributed by atoms with Crippen LogP contribution in [0.3, 0.4) is 0 Å². The van der Waals surface area contributed by atoms with Gasteiger partial charge in [0.25, 0.3) is 10.0 Å². The van der Waals surface area contributed by atoms with Gasteiger partial charge in [-0.1, -0.05) is 19.8 Å². The van der Waals surface area contributed by atoms with E-state index in [-0.39, 0.29) is 10.7 Å². The standard InChI is InChI=1S/C15H17FN4O2S2/c1-2-3-4-5-18-13-9-12(16)14(8-11(13)10-17)24(21,22)20-15-19-6-7-23-15/h6-9,18H,2-5H2,1H3,(H,19,20). The summed E-state index contributed by atoms with van der Waals surface area (Å²) < 4.78 is 41.0. The van der Waals surface area contributed by atoms with Gasteiger partial charge in [-0.15, -0.1) is 11.3 Å². The molecule has 0 atom stereocenters. The molecule has 6 nitrogen and oxygen atoms in total. The van der Waals surface area contributed by atoms with Crippen LogP contribution < -0.4 is 10.0 Å². The second kappa shape index (κ2) is 8.08. The van der Waals surface area contributed by atoms with Crippen LogP contribution >= 0.6 is 11.3 Å². The molecule has 0 unspecified atom stereocenters. The second-order valence-corrected chi connectivity index (χ2v) is 7.56. The fourth-order valence-electron chi connectivity index (χ4n) is 2.04. The zero-order valence-electron chi connectivity index (χ0n) is 13.0. The molecule has 0 fully saturated rings. The number of nitrogens with zero attached hydrogens (tertiary/aromatic N) is 2. The molecule has 0 amide bonds. The fourth-order valence-corrected chi connectivity index (χ4v) is 3.92. The third-order valence-electron chi connectivity index (χ3n) is 3.23. The minimum atomic E-state index is -4.15. The molecule has 0 saturated heterocycles. The van der Waals surface area contributed by atoms with Crippen molar-refractivity contribution in [2.45, 2.75) is 31.1 Å². The summed E-state index contributed by atoms with van der Waals surface area (Å²) in [6, 6.07) is 3.98. The van der Waals surface area contributed by atoms with E-state index in [1.165, 1.54) is 6.20 Å². The van der Waals surface area contributed by atoms with Crippen molar-refractivity contribution in [1.82, 2.24) is 4.98 Å². The van der Waals surface area contributed by atoms with Gasteiger partial charge in [-0.25, -0.2) is 17.8 Å². The molecule has 1 heterocycles. The smallest absolute Gasteiger partial charge is 0.266 e. The van der Waals surface area contributed by atoms with Crippen molar-refractivity contribution in [2.75, 3.05) is 16.6 Å². The van der Waals surface area contributed by atoms with Gasteiger partial charge in [-0.05, 0) is 18.6 Å². The Bertz CT molecular complexity index is 830. The molecular weight excluding hydrogens is 351 g/mol. The average molecular weight is 368 g/mol. The zero-order valence-corrected chi connectivity index (χ0v) is 14.7. The summed E-state index contributed by atoms with van der Waals surface area (Å²) in [5.74, 6) is -0.920. The Morgan fingerprint density at radius 1 is 1.38 bits per heavy atom. The van der Waals surface area contributed by atoms with E-state index in [0.29, 0.717) is 12.2 Å². The highest BCUT2D eigenvalue weighted by molar-refractivity contribution is 7.93. The van der Waals surface area contributed by atoms with Crippen LogP contribution in [0.2, 0.25) is 0 Å². The Balaban J connectivity index is 2.27. The summed E-state index contributed by atoms with van der Waals surface area (Å²) in [6.07, 6.45) is 4.37. The summed E-state index contributed by atoms with van der Waals surface area (Å²) in [5, 5.41) is 13.9. The molecule has 0 saturated carbocycles. The molecule has 128 valence electrons. The first-order valence-corrected chi connectivity index (χ1v) is 9.74. The largest absolute Gasteiger partial charge is 0.384 e. The Morgan fingerprint density at radius 3 is 2.79 bits per heavy atom. The van der Waals surface area contributed by atoms with Crippen LogP contribution in [0.4, 0.5) is 15.2 Å². The highest BCUT2D eigenvalue weighted by Crippen LogP contribution is 2.26. The molecule has 0 radical (unpaired) electrons. The first kappa shape index (κ1) is 18.2. The van der Waals surface area contributed by atoms with Gasteiger partial charge in [0.2, 0.25) is 0 Å². The molecule has 0 bridgehead atoms. The van der Waals surface area contributed by atoms with Gasteiger partial charge >= 0.3 is 0 Å². The van der Waals surface area contributed by atoms with Crippen LogP contribution in [0.5, 0.6) is 0 Å². The van der Waals surface area contributed by atoms with Crippen LogP contribution in [0.1, 0.15) is 31.7 Å². The topological polar surface area (TPSA) is 94.9 Å². The molecular formula is C15H17FN4O2S2. The molecule has 0 aliphatic rings. The van der Waals surface area contributed by atoms with Crippen molar-refractivity contribution in [1.29, 1.82) is 5.26 Å². The molecule has 0 aliphatic carbocycles. The van der Waals surface area contributed by atoms with Gasteiger partial charge in [0.05, 0.1) is 11.3 Å². The minimum absolute atomic E-state index is 0.0763. The number of nitrogens with one attached hydrogen (secondary N) is 2. The fraction of sp³-hybridized carbons (Fsp3) is 0.333. The zero-order chi connectivity index (χ0) is 17.6. The molecule has 9 heteroatoms. The molecule has 1 aromatic carbocycles. The van der Waals surface area contributed by atoms with Crippen LogP contribution in [0.15, 0.2) is 28.6 Å². The number of halogens is 1. The lowest BCUT2D eigenvalue weighted by molar-refractivity contribution is 0.570. The predicted octanol–water partition coefficient (Wildman–Crippen LogP) is 3.56. The van der Waals surface area contributed by atoms with Gasteiger partial charge in [-0.3, -0.25) is 4.72 Å². The van der Waals surface area contributed by atoms with E-state index in [1.54, 1.807) is 5.38 Å². The lowest BCUT2D eigenvalue weighted by Crippen LogP contribution is -2.15. The quantitative estimate of drug-likeness (QED) is 0.695. The van der Waals surface area contributed by atoms with Gasteiger partial charge in [0.1, 0.15) is 16.8 Å². The number of aromatic nitrogens is 1. The van der Waals surface area contributed by atoms with Crippen LogP contribution in [-0.2, 0) is 10.0 Å². The van der Waals surface area contributed by atoms with Gasteiger partial charge in [-0.2, -0.15) is 5.26 Å². The molecule has 24 heavy (non-hydrogen) atoms. The predicted molar refractivity (Wildman–Crippen MR) is 92.1 cm³/mol. The maximum absolute atomic E-state index is 14.3. The Kier molecular flexibility index (Phi) is 6.11. The lowest BCUT2D eigenvalue weighted by atomic mass is 10.2. The SMILES string of the molecule is CCCCCNc1cc(F)c(S(=O)(=O)Nc2nccs2)cc1C#N. The van der Waals surface area contributed by atoms with E-state index in [2.05, 4.69) is 21.9 Å². The number of anilines is 2. The molecule has 2 rings (SSSR count). The number of rotatable bonds is 8. The molecule has 2 N–H and O–H groups in total. The molecule has 2 aromatic rings. The van der Waals surface area contributed by atoms with Crippen LogP contribution in [0, 0.1) is 17.1 Å². The van der Waals surface area contributed by atoms with E-state index in [4.69, 9.17) is 0 Å². The number of benzene rings is 1. The van der Waals surface area contributed by atoms with Crippen molar-refractivity contribution in [3.05, 3.63) is 35.1 Å². The average Bonchev–Trinajstić information content (AvgIpc) is 3.03. The lowest BCUT2D eigenvalue weighted by Gasteiger charge is -2.11. The van der Waals surface area contributed by atoms with E-state index in [1.807, 2.05) is 6.07 Å². The third-order valence-corrected chi connectivity index (χ3v) is 5.40. The third kappa shape index (κ3) is 4.43. The highest BCUT2D eigenvalue weighted by Gasteiger charge is 2.22. The van der Waals surface area contributed by atoms with E-state index in [9.17, 15) is 18.1 Å². The minimum Gasteiger partial charge on any atom is -0.384 e. The Hall–Kier alpha value is -2.18. The van der Waals surface area contributed by atoms with Crippen molar-refractivity contribution in [3.8, 4) is 6.07 Å². The summed E-state index contributed by atoms with van der Waals surface area (Å²) in [4.78, 5) is 3.23. The summed E-state index contributed by atoms with van der Waals surface area (Å²) in [5.41, 5.74) is 0.367. The summed E-state index contributed by atoms with van der Waals surface area (Å²) >= 11 is 1.08. The van der Waals surface area contributed by atoms with E-state index < -0.39 is 20.7 Å². The first-order valence-electron chi connectivity index (χ1n) is 7.37. The first-order chi connectivity index (χ1) is 11.5. The number of hydrogen-bond donors (Lipinski definition) is 2. The number of sulfonamides is 1.